The molecule has 1 atom stereocenters. The van der Waals surface area contributed by atoms with Crippen molar-refractivity contribution in [3.8, 4) is 0 Å². The fourth-order valence-corrected chi connectivity index (χ4v) is 2.00. The summed E-state index contributed by atoms with van der Waals surface area (Å²) in [5.74, 6) is -0.538. The first kappa shape index (κ1) is 20.7. The van der Waals surface area contributed by atoms with Crippen LogP contribution in [0.5, 0.6) is 0 Å². The summed E-state index contributed by atoms with van der Waals surface area (Å²) in [5, 5.41) is 12.2. The van der Waals surface area contributed by atoms with Crippen LogP contribution in [0.3, 0.4) is 0 Å². The van der Waals surface area contributed by atoms with E-state index in [-0.39, 0.29) is 18.9 Å². The van der Waals surface area contributed by atoms with E-state index in [0.717, 1.165) is 12.8 Å². The highest BCUT2D eigenvalue weighted by atomic mass is 16.6. The van der Waals surface area contributed by atoms with E-state index in [1.54, 1.807) is 20.8 Å². The summed E-state index contributed by atoms with van der Waals surface area (Å²) in [7, 11) is 0. The molecule has 0 aliphatic heterocycles. The van der Waals surface area contributed by atoms with E-state index < -0.39 is 29.8 Å². The molecule has 22 heavy (non-hydrogen) atoms. The van der Waals surface area contributed by atoms with Crippen molar-refractivity contribution in [3.63, 3.8) is 0 Å². The minimum Gasteiger partial charge on any atom is -0.464 e. The first-order valence-electron chi connectivity index (χ1n) is 7.85. The Hall–Kier alpha value is -1.30. The van der Waals surface area contributed by atoms with Crippen LogP contribution in [0.25, 0.3) is 0 Å². The zero-order valence-electron chi connectivity index (χ0n) is 14.7. The maximum absolute atomic E-state index is 12.4. The van der Waals surface area contributed by atoms with Crippen LogP contribution in [0.15, 0.2) is 0 Å². The van der Waals surface area contributed by atoms with Crippen LogP contribution in [0.2, 0.25) is 0 Å². The summed E-state index contributed by atoms with van der Waals surface area (Å²) in [6.07, 6.45) is 1.16. The summed E-state index contributed by atoms with van der Waals surface area (Å²) >= 11 is 0. The Kier molecular flexibility index (Phi) is 8.45. The van der Waals surface area contributed by atoms with Gasteiger partial charge in [0.25, 0.3) is 0 Å². The molecule has 1 amide bonds. The molecule has 1 unspecified atom stereocenters. The Labute approximate surface area is 133 Å². The van der Waals surface area contributed by atoms with Crippen molar-refractivity contribution in [3.05, 3.63) is 0 Å². The molecule has 0 bridgehead atoms. The van der Waals surface area contributed by atoms with E-state index in [1.807, 2.05) is 20.8 Å². The quantitative estimate of drug-likeness (QED) is 0.531. The first-order valence-corrected chi connectivity index (χ1v) is 7.85. The molecule has 0 aliphatic rings. The number of esters is 1. The summed E-state index contributed by atoms with van der Waals surface area (Å²) in [4.78, 5) is 24.4. The molecule has 0 aromatic rings. The van der Waals surface area contributed by atoms with Gasteiger partial charge in [0.05, 0.1) is 13.2 Å². The molecular formula is C16H31NO5. The van der Waals surface area contributed by atoms with Crippen molar-refractivity contribution in [2.24, 2.45) is 5.92 Å². The lowest BCUT2D eigenvalue weighted by Crippen LogP contribution is -2.59. The van der Waals surface area contributed by atoms with Gasteiger partial charge in [-0.3, -0.25) is 0 Å². The standard InChI is InChI=1S/C16H31NO5/c1-7-8-9-21-13(19)16(11-18,10-12(2)3)17-14(20)22-15(4,5)6/h12,18H,7-11H2,1-6H3,(H,17,20). The predicted octanol–water partition coefficient (Wildman–Crippen LogP) is 2.63. The third kappa shape index (κ3) is 7.64. The number of rotatable bonds is 8. The third-order valence-electron chi connectivity index (χ3n) is 2.89. The second kappa shape index (κ2) is 8.98. The van der Waals surface area contributed by atoms with Crippen LogP contribution >= 0.6 is 0 Å². The Morgan fingerprint density at radius 3 is 2.23 bits per heavy atom. The van der Waals surface area contributed by atoms with Gasteiger partial charge in [0.15, 0.2) is 5.54 Å². The number of hydrogen-bond acceptors (Lipinski definition) is 5. The van der Waals surface area contributed by atoms with Crippen molar-refractivity contribution in [1.82, 2.24) is 5.32 Å². The van der Waals surface area contributed by atoms with E-state index in [0.29, 0.717) is 0 Å². The van der Waals surface area contributed by atoms with E-state index >= 15 is 0 Å². The summed E-state index contributed by atoms with van der Waals surface area (Å²) in [6.45, 7) is 10.7. The molecule has 0 radical (unpaired) electrons. The number of alkyl carbamates (subject to hydrolysis) is 1. The maximum Gasteiger partial charge on any atom is 0.408 e. The lowest BCUT2D eigenvalue weighted by molar-refractivity contribution is -0.154. The third-order valence-corrected chi connectivity index (χ3v) is 2.89. The highest BCUT2D eigenvalue weighted by Gasteiger charge is 2.42. The number of aliphatic hydroxyl groups is 1. The predicted molar refractivity (Wildman–Crippen MR) is 84.5 cm³/mol. The van der Waals surface area contributed by atoms with Gasteiger partial charge in [-0.05, 0) is 39.5 Å². The number of amides is 1. The molecule has 6 nitrogen and oxygen atoms in total. The molecule has 0 fully saturated rings. The number of carbonyl (C=O) groups is 2. The van der Waals surface area contributed by atoms with Crippen molar-refractivity contribution >= 4 is 12.1 Å². The van der Waals surface area contributed by atoms with E-state index in [9.17, 15) is 14.7 Å². The van der Waals surface area contributed by atoms with Gasteiger partial charge in [-0.2, -0.15) is 0 Å². The molecule has 130 valence electrons. The van der Waals surface area contributed by atoms with E-state index in [1.165, 1.54) is 0 Å². The van der Waals surface area contributed by atoms with Gasteiger partial charge in [-0.1, -0.05) is 27.2 Å². The number of hydrogen-bond donors (Lipinski definition) is 2. The van der Waals surface area contributed by atoms with Gasteiger partial charge in [0.1, 0.15) is 5.60 Å². The Balaban J connectivity index is 5.06. The van der Waals surface area contributed by atoms with Gasteiger partial charge < -0.3 is 19.9 Å². The Morgan fingerprint density at radius 1 is 1.23 bits per heavy atom. The van der Waals surface area contributed by atoms with Crippen molar-refractivity contribution in [1.29, 1.82) is 0 Å². The highest BCUT2D eigenvalue weighted by molar-refractivity contribution is 5.86. The van der Waals surface area contributed by atoms with Crippen LogP contribution in [-0.2, 0) is 14.3 Å². The number of carbonyl (C=O) groups excluding carboxylic acids is 2. The zero-order valence-corrected chi connectivity index (χ0v) is 14.7. The maximum atomic E-state index is 12.4. The second-order valence-corrected chi connectivity index (χ2v) is 6.95. The second-order valence-electron chi connectivity index (χ2n) is 6.95. The number of aliphatic hydroxyl groups excluding tert-OH is 1. The van der Waals surface area contributed by atoms with E-state index in [4.69, 9.17) is 9.47 Å². The van der Waals surface area contributed by atoms with Crippen molar-refractivity contribution in [2.75, 3.05) is 13.2 Å². The van der Waals surface area contributed by atoms with E-state index in [2.05, 4.69) is 5.32 Å². The number of nitrogens with one attached hydrogen (secondary N) is 1. The summed E-state index contributed by atoms with van der Waals surface area (Å²) < 4.78 is 10.4. The molecule has 6 heteroatoms. The molecule has 2 N–H and O–H groups in total. The van der Waals surface area contributed by atoms with Crippen molar-refractivity contribution < 1.29 is 24.2 Å². The summed E-state index contributed by atoms with van der Waals surface area (Å²) in [6, 6.07) is 0. The van der Waals surface area contributed by atoms with Crippen molar-refractivity contribution in [2.45, 2.75) is 71.9 Å². The summed E-state index contributed by atoms with van der Waals surface area (Å²) in [5.41, 5.74) is -2.15. The fourth-order valence-electron chi connectivity index (χ4n) is 2.00. The molecule has 0 saturated heterocycles. The SMILES string of the molecule is CCCCOC(=O)C(CO)(CC(C)C)NC(=O)OC(C)(C)C. The Bertz CT molecular complexity index is 362. The lowest BCUT2D eigenvalue weighted by Gasteiger charge is -2.33. The zero-order chi connectivity index (χ0) is 17.4. The van der Waals surface area contributed by atoms with Gasteiger partial charge in [0.2, 0.25) is 0 Å². The molecule has 0 aliphatic carbocycles. The molecule has 0 saturated carbocycles. The largest absolute Gasteiger partial charge is 0.464 e. The normalized spacial score (nSPS) is 14.4. The highest BCUT2D eigenvalue weighted by Crippen LogP contribution is 2.20. The van der Waals surface area contributed by atoms with Gasteiger partial charge in [-0.25, -0.2) is 9.59 Å². The molecule has 0 aromatic heterocycles. The number of unbranched alkanes of at least 4 members (excludes halogenated alkanes) is 1. The molecule has 0 rings (SSSR count). The fraction of sp³-hybridized carbons (Fsp3) is 0.875. The molecule has 0 heterocycles. The molecule has 0 spiro atoms. The Morgan fingerprint density at radius 2 is 1.82 bits per heavy atom. The minimum absolute atomic E-state index is 0.0841. The van der Waals surface area contributed by atoms with Crippen LogP contribution in [0.1, 0.15) is 60.8 Å². The van der Waals surface area contributed by atoms with Gasteiger partial charge >= 0.3 is 12.1 Å². The number of ether oxygens (including phenoxy) is 2. The van der Waals surface area contributed by atoms with Crippen LogP contribution in [0.4, 0.5) is 4.79 Å². The van der Waals surface area contributed by atoms with Gasteiger partial charge in [0, 0.05) is 0 Å². The molecule has 0 aromatic carbocycles. The average Bonchev–Trinajstić information content (AvgIpc) is 2.35. The van der Waals surface area contributed by atoms with Gasteiger partial charge in [-0.15, -0.1) is 0 Å². The minimum atomic E-state index is -1.47. The monoisotopic (exact) mass is 317 g/mol. The average molecular weight is 317 g/mol. The topological polar surface area (TPSA) is 84.9 Å². The van der Waals surface area contributed by atoms with Crippen LogP contribution in [-0.4, -0.2) is 41.5 Å². The first-order chi connectivity index (χ1) is 10.1. The lowest BCUT2D eigenvalue weighted by atomic mass is 9.89. The smallest absolute Gasteiger partial charge is 0.408 e. The molecular weight excluding hydrogens is 286 g/mol. The van der Waals surface area contributed by atoms with Crippen LogP contribution < -0.4 is 5.32 Å². The van der Waals surface area contributed by atoms with Crippen LogP contribution in [0, 0.1) is 5.92 Å².